The van der Waals surface area contributed by atoms with Crippen molar-refractivity contribution in [1.82, 2.24) is 14.9 Å². The van der Waals surface area contributed by atoms with Crippen LogP contribution < -0.4 is 5.32 Å². The predicted molar refractivity (Wildman–Crippen MR) is 56.8 cm³/mol. The van der Waals surface area contributed by atoms with E-state index in [0.29, 0.717) is 10.8 Å². The first-order valence-corrected chi connectivity index (χ1v) is 5.58. The number of nitrogens with one attached hydrogen (secondary N) is 1. The molecule has 0 spiro atoms. The Labute approximate surface area is 91.8 Å². The van der Waals surface area contributed by atoms with Gasteiger partial charge in [-0.15, -0.1) is 16.7 Å². The van der Waals surface area contributed by atoms with Crippen LogP contribution in [0.5, 0.6) is 0 Å². The van der Waals surface area contributed by atoms with Crippen molar-refractivity contribution in [1.29, 1.82) is 0 Å². The van der Waals surface area contributed by atoms with Crippen LogP contribution in [0.1, 0.15) is 29.9 Å². The lowest BCUT2D eigenvalue weighted by atomic mass is 10.0. The van der Waals surface area contributed by atoms with E-state index in [1.165, 1.54) is 6.20 Å². The smallest absolute Gasteiger partial charge is 0.265 e. The summed E-state index contributed by atoms with van der Waals surface area (Å²) in [4.78, 5) is 12.1. The highest BCUT2D eigenvalue weighted by molar-refractivity contribution is 7.07. The summed E-state index contributed by atoms with van der Waals surface area (Å²) in [5.41, 5.74) is -0.359. The Morgan fingerprint density at radius 3 is 2.93 bits per heavy atom. The minimum absolute atomic E-state index is 0.162. The van der Waals surface area contributed by atoms with Crippen LogP contribution in [0.15, 0.2) is 6.20 Å². The van der Waals surface area contributed by atoms with Gasteiger partial charge in [-0.05, 0) is 24.9 Å². The SMILES string of the molecule is CCC(C)(CCl)NC(=O)c1cnns1. The van der Waals surface area contributed by atoms with Gasteiger partial charge in [0.05, 0.1) is 11.7 Å². The molecule has 0 fully saturated rings. The monoisotopic (exact) mass is 233 g/mol. The fourth-order valence-corrected chi connectivity index (χ4v) is 1.49. The molecule has 4 nitrogen and oxygen atoms in total. The van der Waals surface area contributed by atoms with E-state index < -0.39 is 0 Å². The number of nitrogens with zero attached hydrogens (tertiary/aromatic N) is 2. The topological polar surface area (TPSA) is 54.9 Å². The van der Waals surface area contributed by atoms with Crippen LogP contribution in [0, 0.1) is 0 Å². The highest BCUT2D eigenvalue weighted by Gasteiger charge is 2.24. The van der Waals surface area contributed by atoms with Crippen molar-refractivity contribution >= 4 is 29.0 Å². The molecule has 1 rings (SSSR count). The van der Waals surface area contributed by atoms with Crippen molar-refractivity contribution < 1.29 is 4.79 Å². The highest BCUT2D eigenvalue weighted by atomic mass is 35.5. The summed E-state index contributed by atoms with van der Waals surface area (Å²) in [6.07, 6.45) is 2.23. The quantitative estimate of drug-likeness (QED) is 0.805. The molecule has 1 unspecified atom stereocenters. The molecule has 1 aromatic rings. The largest absolute Gasteiger partial charge is 0.345 e. The summed E-state index contributed by atoms with van der Waals surface area (Å²) in [6, 6.07) is 0. The van der Waals surface area contributed by atoms with Gasteiger partial charge < -0.3 is 5.32 Å². The molecule has 0 aliphatic carbocycles. The second-order valence-corrected chi connectivity index (χ2v) is 4.34. The van der Waals surface area contributed by atoms with Gasteiger partial charge in [-0.1, -0.05) is 11.4 Å². The molecule has 0 bridgehead atoms. The molecule has 0 aliphatic rings. The van der Waals surface area contributed by atoms with E-state index in [0.717, 1.165) is 18.0 Å². The number of carbonyl (C=O) groups is 1. The van der Waals surface area contributed by atoms with Gasteiger partial charge in [0.25, 0.3) is 5.91 Å². The zero-order valence-electron chi connectivity index (χ0n) is 8.08. The molecule has 6 heteroatoms. The number of rotatable bonds is 4. The molecule has 1 atom stereocenters. The third-order valence-electron chi connectivity index (χ3n) is 2.08. The molecule has 0 aliphatic heterocycles. The van der Waals surface area contributed by atoms with E-state index in [9.17, 15) is 4.79 Å². The van der Waals surface area contributed by atoms with Gasteiger partial charge in [0.2, 0.25) is 0 Å². The van der Waals surface area contributed by atoms with Crippen LogP contribution in [-0.2, 0) is 0 Å². The highest BCUT2D eigenvalue weighted by Crippen LogP contribution is 2.13. The first-order valence-electron chi connectivity index (χ1n) is 4.27. The van der Waals surface area contributed by atoms with Gasteiger partial charge in [-0.2, -0.15) is 0 Å². The van der Waals surface area contributed by atoms with Gasteiger partial charge in [-0.3, -0.25) is 4.79 Å². The molecule has 14 heavy (non-hydrogen) atoms. The first kappa shape index (κ1) is 11.4. The maximum atomic E-state index is 11.6. The second kappa shape index (κ2) is 4.70. The molecule has 0 saturated carbocycles. The summed E-state index contributed by atoms with van der Waals surface area (Å²) in [7, 11) is 0. The van der Waals surface area contributed by atoms with Gasteiger partial charge >= 0.3 is 0 Å². The van der Waals surface area contributed by atoms with E-state index in [-0.39, 0.29) is 11.4 Å². The summed E-state index contributed by atoms with van der Waals surface area (Å²) < 4.78 is 3.62. The Balaban J connectivity index is 2.65. The van der Waals surface area contributed by atoms with E-state index in [4.69, 9.17) is 11.6 Å². The normalized spacial score (nSPS) is 14.8. The van der Waals surface area contributed by atoms with Crippen molar-refractivity contribution in [2.24, 2.45) is 0 Å². The Bertz CT molecular complexity index is 298. The van der Waals surface area contributed by atoms with E-state index >= 15 is 0 Å². The molecule has 1 amide bonds. The third kappa shape index (κ3) is 2.65. The first-order chi connectivity index (χ1) is 6.61. The second-order valence-electron chi connectivity index (χ2n) is 3.28. The van der Waals surface area contributed by atoms with Crippen molar-refractivity contribution in [3.8, 4) is 0 Å². The predicted octanol–water partition coefficient (Wildman–Crippen LogP) is 1.68. The molecule has 1 N–H and O–H groups in total. The number of hydrogen-bond donors (Lipinski definition) is 1. The molecule has 0 saturated heterocycles. The minimum Gasteiger partial charge on any atom is -0.345 e. The number of alkyl halides is 1. The van der Waals surface area contributed by atoms with Crippen LogP contribution in [0.3, 0.4) is 0 Å². The molecule has 1 heterocycles. The standard InChI is InChI=1S/C8H12ClN3OS/c1-3-8(2,5-9)11-7(13)6-4-10-12-14-6/h4H,3,5H2,1-2H3,(H,11,13). The lowest BCUT2D eigenvalue weighted by Crippen LogP contribution is -2.46. The lowest BCUT2D eigenvalue weighted by Gasteiger charge is -2.26. The Kier molecular flexibility index (Phi) is 3.83. The fraction of sp³-hybridized carbons (Fsp3) is 0.625. The third-order valence-corrected chi connectivity index (χ3v) is 3.33. The van der Waals surface area contributed by atoms with E-state index in [2.05, 4.69) is 14.9 Å². The maximum Gasteiger partial charge on any atom is 0.265 e. The summed E-state index contributed by atoms with van der Waals surface area (Å²) in [6.45, 7) is 3.89. The Morgan fingerprint density at radius 2 is 2.50 bits per heavy atom. The molecule has 0 aromatic carbocycles. The number of hydrogen-bond acceptors (Lipinski definition) is 4. The van der Waals surface area contributed by atoms with Crippen molar-refractivity contribution in [2.75, 3.05) is 5.88 Å². The number of halogens is 1. The van der Waals surface area contributed by atoms with Gasteiger partial charge in [0, 0.05) is 5.88 Å². The molecule has 78 valence electrons. The summed E-state index contributed by atoms with van der Waals surface area (Å²) >= 11 is 6.85. The molecule has 0 radical (unpaired) electrons. The molecular formula is C8H12ClN3OS. The van der Waals surface area contributed by atoms with Crippen LogP contribution in [-0.4, -0.2) is 26.9 Å². The van der Waals surface area contributed by atoms with Crippen molar-refractivity contribution in [3.63, 3.8) is 0 Å². The van der Waals surface area contributed by atoms with Crippen LogP contribution in [0.4, 0.5) is 0 Å². The average Bonchev–Trinajstić information content (AvgIpc) is 2.70. The van der Waals surface area contributed by atoms with Crippen molar-refractivity contribution in [2.45, 2.75) is 25.8 Å². The number of amides is 1. The zero-order chi connectivity index (χ0) is 10.6. The minimum atomic E-state index is -0.359. The lowest BCUT2D eigenvalue weighted by molar-refractivity contribution is 0.0916. The van der Waals surface area contributed by atoms with Crippen LogP contribution in [0.2, 0.25) is 0 Å². The number of carbonyl (C=O) groups excluding carboxylic acids is 1. The Hall–Kier alpha value is -0.680. The molecular weight excluding hydrogens is 222 g/mol. The maximum absolute atomic E-state index is 11.6. The van der Waals surface area contributed by atoms with E-state index in [1.807, 2.05) is 13.8 Å². The van der Waals surface area contributed by atoms with Crippen LogP contribution in [0.25, 0.3) is 0 Å². The summed E-state index contributed by atoms with van der Waals surface area (Å²) in [5.74, 6) is 0.228. The zero-order valence-corrected chi connectivity index (χ0v) is 9.65. The van der Waals surface area contributed by atoms with E-state index in [1.54, 1.807) is 0 Å². The molecule has 1 aromatic heterocycles. The van der Waals surface area contributed by atoms with Crippen LogP contribution >= 0.6 is 23.1 Å². The average molecular weight is 234 g/mol. The fourth-order valence-electron chi connectivity index (χ4n) is 0.819. The van der Waals surface area contributed by atoms with Gasteiger partial charge in [0.15, 0.2) is 0 Å². The number of aromatic nitrogens is 2. The summed E-state index contributed by atoms with van der Waals surface area (Å²) in [5, 5.41) is 6.45. The van der Waals surface area contributed by atoms with Crippen molar-refractivity contribution in [3.05, 3.63) is 11.1 Å². The van der Waals surface area contributed by atoms with Gasteiger partial charge in [0.1, 0.15) is 4.88 Å². The van der Waals surface area contributed by atoms with Gasteiger partial charge in [-0.25, -0.2) is 0 Å². The Morgan fingerprint density at radius 1 is 1.79 bits per heavy atom.